The molecule has 5 heteroatoms. The number of hydrogen-bond donors (Lipinski definition) is 1. The van der Waals surface area contributed by atoms with E-state index in [0.717, 1.165) is 23.6 Å². The molecule has 1 aromatic heterocycles. The number of aromatic nitrogens is 2. The second-order valence-electron chi connectivity index (χ2n) is 5.66. The lowest BCUT2D eigenvalue weighted by Gasteiger charge is -2.15. The molecule has 0 atom stereocenters. The molecule has 0 aliphatic heterocycles. The van der Waals surface area contributed by atoms with Gasteiger partial charge < -0.3 is 9.84 Å². The number of aliphatic hydroxyl groups excluding tert-OH is 1. The van der Waals surface area contributed by atoms with E-state index in [2.05, 4.69) is 24.7 Å². The molecule has 0 spiro atoms. The first kappa shape index (κ1) is 14.4. The van der Waals surface area contributed by atoms with Crippen molar-refractivity contribution in [2.24, 2.45) is 0 Å². The van der Waals surface area contributed by atoms with Gasteiger partial charge in [-0.2, -0.15) is 5.10 Å². The van der Waals surface area contributed by atoms with Gasteiger partial charge in [-0.05, 0) is 19.9 Å². The average molecular weight is 256 g/mol. The highest BCUT2D eigenvalue weighted by Gasteiger charge is 2.13. The molecule has 17 heavy (non-hydrogen) atoms. The van der Waals surface area contributed by atoms with E-state index >= 15 is 0 Å². The second kappa shape index (κ2) is 5.80. The predicted molar refractivity (Wildman–Crippen MR) is 71.7 cm³/mol. The summed E-state index contributed by atoms with van der Waals surface area (Å²) in [7, 11) is -1.02. The minimum absolute atomic E-state index is 0.0482. The molecule has 0 saturated heterocycles. The first-order chi connectivity index (χ1) is 7.85. The second-order valence-corrected chi connectivity index (χ2v) is 11.3. The van der Waals surface area contributed by atoms with Crippen LogP contribution in [-0.4, -0.2) is 29.6 Å². The van der Waals surface area contributed by atoms with Gasteiger partial charge in [-0.15, -0.1) is 0 Å². The van der Waals surface area contributed by atoms with E-state index in [1.54, 1.807) is 0 Å². The lowest BCUT2D eigenvalue weighted by Crippen LogP contribution is -2.22. The van der Waals surface area contributed by atoms with Gasteiger partial charge in [0.15, 0.2) is 0 Å². The molecule has 1 N–H and O–H groups in total. The SMILES string of the molecule is Cc1nn(COCC[Si](C)(C)C)c(C)c1CO. The van der Waals surface area contributed by atoms with Crippen molar-refractivity contribution in [1.82, 2.24) is 9.78 Å². The monoisotopic (exact) mass is 256 g/mol. The Hall–Kier alpha value is -0.653. The smallest absolute Gasteiger partial charge is 0.139 e. The fourth-order valence-electron chi connectivity index (χ4n) is 1.62. The van der Waals surface area contributed by atoms with Crippen LogP contribution in [0.25, 0.3) is 0 Å². The summed E-state index contributed by atoms with van der Waals surface area (Å²) in [6, 6.07) is 1.17. The van der Waals surface area contributed by atoms with Gasteiger partial charge in [-0.25, -0.2) is 4.68 Å². The zero-order valence-electron chi connectivity index (χ0n) is 11.6. The molecule has 1 aromatic rings. The van der Waals surface area contributed by atoms with Crippen molar-refractivity contribution in [3.63, 3.8) is 0 Å². The van der Waals surface area contributed by atoms with Crippen molar-refractivity contribution in [3.8, 4) is 0 Å². The number of ether oxygens (including phenoxy) is 1. The van der Waals surface area contributed by atoms with E-state index in [1.807, 2.05) is 18.5 Å². The summed E-state index contributed by atoms with van der Waals surface area (Å²) in [5.41, 5.74) is 2.80. The van der Waals surface area contributed by atoms with Crippen molar-refractivity contribution >= 4 is 8.07 Å². The molecule has 4 nitrogen and oxygen atoms in total. The molecule has 0 amide bonds. The van der Waals surface area contributed by atoms with Gasteiger partial charge in [0.1, 0.15) is 6.73 Å². The minimum Gasteiger partial charge on any atom is -0.392 e. The fraction of sp³-hybridized carbons (Fsp3) is 0.750. The molecule has 0 bridgehead atoms. The Labute approximate surface area is 105 Å². The first-order valence-electron chi connectivity index (χ1n) is 6.06. The molecule has 98 valence electrons. The Morgan fingerprint density at radius 1 is 1.29 bits per heavy atom. The van der Waals surface area contributed by atoms with Crippen LogP contribution in [0.4, 0.5) is 0 Å². The summed E-state index contributed by atoms with van der Waals surface area (Å²) in [5, 5.41) is 13.6. The first-order valence-corrected chi connectivity index (χ1v) is 9.77. The van der Waals surface area contributed by atoms with Crippen molar-refractivity contribution < 1.29 is 9.84 Å². The van der Waals surface area contributed by atoms with Crippen molar-refractivity contribution in [1.29, 1.82) is 0 Å². The number of nitrogens with zero attached hydrogens (tertiary/aromatic N) is 2. The Balaban J connectivity index is 2.47. The van der Waals surface area contributed by atoms with Crippen LogP contribution in [0.3, 0.4) is 0 Å². The highest BCUT2D eigenvalue weighted by molar-refractivity contribution is 6.76. The van der Waals surface area contributed by atoms with E-state index in [0.29, 0.717) is 6.73 Å². The summed E-state index contributed by atoms with van der Waals surface area (Å²) in [5.74, 6) is 0. The third-order valence-corrected chi connectivity index (χ3v) is 4.60. The Morgan fingerprint density at radius 3 is 2.41 bits per heavy atom. The zero-order chi connectivity index (χ0) is 13.1. The van der Waals surface area contributed by atoms with E-state index in [9.17, 15) is 5.11 Å². The molecular formula is C12H24N2O2Si. The van der Waals surface area contributed by atoms with E-state index in [4.69, 9.17) is 4.74 Å². The molecule has 1 heterocycles. The summed E-state index contributed by atoms with van der Waals surface area (Å²) in [6.07, 6.45) is 0. The largest absolute Gasteiger partial charge is 0.392 e. The third-order valence-electron chi connectivity index (χ3n) is 2.90. The Bertz CT molecular complexity index is 369. The van der Waals surface area contributed by atoms with Gasteiger partial charge in [-0.1, -0.05) is 19.6 Å². The van der Waals surface area contributed by atoms with Gasteiger partial charge in [-0.3, -0.25) is 0 Å². The quantitative estimate of drug-likeness (QED) is 0.627. The summed E-state index contributed by atoms with van der Waals surface area (Å²) < 4.78 is 7.47. The third kappa shape index (κ3) is 4.26. The lowest BCUT2D eigenvalue weighted by molar-refractivity contribution is 0.0768. The maximum absolute atomic E-state index is 9.20. The Kier molecular flexibility index (Phi) is 4.91. The van der Waals surface area contributed by atoms with E-state index in [-0.39, 0.29) is 6.61 Å². The van der Waals surface area contributed by atoms with E-state index < -0.39 is 8.07 Å². The summed E-state index contributed by atoms with van der Waals surface area (Å²) >= 11 is 0. The zero-order valence-corrected chi connectivity index (χ0v) is 12.6. The van der Waals surface area contributed by atoms with Gasteiger partial charge in [0.2, 0.25) is 0 Å². The van der Waals surface area contributed by atoms with Crippen molar-refractivity contribution in [2.45, 2.75) is 52.9 Å². The van der Waals surface area contributed by atoms with Crippen LogP contribution < -0.4 is 0 Å². The number of rotatable bonds is 6. The molecule has 0 fully saturated rings. The van der Waals surface area contributed by atoms with Gasteiger partial charge >= 0.3 is 0 Å². The molecule has 0 aromatic carbocycles. The van der Waals surface area contributed by atoms with Crippen LogP contribution in [0, 0.1) is 13.8 Å². The topological polar surface area (TPSA) is 47.3 Å². The Morgan fingerprint density at radius 2 is 1.94 bits per heavy atom. The van der Waals surface area contributed by atoms with Crippen LogP contribution >= 0.6 is 0 Å². The van der Waals surface area contributed by atoms with Crippen molar-refractivity contribution in [2.75, 3.05) is 6.61 Å². The standard InChI is InChI=1S/C12H24N2O2Si/c1-10-12(8-15)11(2)14(13-10)9-16-6-7-17(3,4)5/h15H,6-9H2,1-5H3. The van der Waals surface area contributed by atoms with Gasteiger partial charge in [0.25, 0.3) is 0 Å². The summed E-state index contributed by atoms with van der Waals surface area (Å²) in [4.78, 5) is 0. The van der Waals surface area contributed by atoms with Crippen LogP contribution in [0.5, 0.6) is 0 Å². The predicted octanol–water partition coefficient (Wildman–Crippen LogP) is 2.30. The van der Waals surface area contributed by atoms with Crippen LogP contribution in [0.15, 0.2) is 0 Å². The highest BCUT2D eigenvalue weighted by atomic mass is 28.3. The van der Waals surface area contributed by atoms with Crippen LogP contribution in [0.2, 0.25) is 25.7 Å². The molecule has 0 unspecified atom stereocenters. The number of hydrogen-bond acceptors (Lipinski definition) is 3. The van der Waals surface area contributed by atoms with Gasteiger partial charge in [0, 0.05) is 25.9 Å². The lowest BCUT2D eigenvalue weighted by atomic mass is 10.2. The van der Waals surface area contributed by atoms with Gasteiger partial charge in [0.05, 0.1) is 12.3 Å². The summed E-state index contributed by atoms with van der Waals surface area (Å²) in [6.45, 7) is 12.2. The fourth-order valence-corrected chi connectivity index (χ4v) is 2.37. The van der Waals surface area contributed by atoms with Crippen LogP contribution in [-0.2, 0) is 18.1 Å². The van der Waals surface area contributed by atoms with E-state index in [1.165, 1.54) is 6.04 Å². The molecule has 0 aliphatic carbocycles. The maximum Gasteiger partial charge on any atom is 0.139 e. The molecule has 0 radical (unpaired) electrons. The minimum atomic E-state index is -1.02. The average Bonchev–Trinajstić information content (AvgIpc) is 2.47. The normalized spacial score (nSPS) is 12.1. The molecule has 0 aliphatic rings. The maximum atomic E-state index is 9.20. The molecule has 0 saturated carbocycles. The van der Waals surface area contributed by atoms with Crippen LogP contribution in [0.1, 0.15) is 17.0 Å². The molecular weight excluding hydrogens is 232 g/mol. The highest BCUT2D eigenvalue weighted by Crippen LogP contribution is 2.13. The molecule has 1 rings (SSSR count). The number of aryl methyl sites for hydroxylation is 1. The van der Waals surface area contributed by atoms with Crippen molar-refractivity contribution in [3.05, 3.63) is 17.0 Å². The number of aliphatic hydroxyl groups is 1.